The predicted molar refractivity (Wildman–Crippen MR) is 149 cm³/mol. The molecule has 4 rings (SSSR count). The molecule has 1 aliphatic heterocycles. The van der Waals surface area contributed by atoms with E-state index < -0.39 is 17.1 Å². The van der Waals surface area contributed by atoms with Crippen LogP contribution in [0.1, 0.15) is 34.0 Å². The average Bonchev–Trinajstić information content (AvgIpc) is 3.23. The molecule has 0 saturated carbocycles. The summed E-state index contributed by atoms with van der Waals surface area (Å²) in [5.41, 5.74) is 4.25. The second-order valence-corrected chi connectivity index (χ2v) is 9.92. The Morgan fingerprint density at radius 3 is 2.39 bits per heavy atom. The minimum absolute atomic E-state index is 0.131. The van der Waals surface area contributed by atoms with E-state index in [9.17, 15) is 19.6 Å². The second kappa shape index (κ2) is 11.8. The number of rotatable bonds is 7. The standard InChI is InChI=1S/C30H27N3O4S/c1-4-37-30(36)22-15-13-21(14-16-22)17-26-28(35)33(23-10-6-5-7-11-23)29(38-26)24(18-31)27(34)32-25-12-8-9-19(2)20(25)3/h5-16,26H,4,17H2,1-3H3,(H,32,34)/b29-24+/t26-/m0/s1. The molecule has 192 valence electrons. The van der Waals surface area contributed by atoms with Crippen LogP contribution in [0.25, 0.3) is 0 Å². The Labute approximate surface area is 226 Å². The van der Waals surface area contributed by atoms with E-state index in [4.69, 9.17) is 4.74 Å². The molecule has 1 N–H and O–H groups in total. The number of amides is 2. The van der Waals surface area contributed by atoms with Crippen LogP contribution in [0.15, 0.2) is 83.4 Å². The number of nitrogens with one attached hydrogen (secondary N) is 1. The van der Waals surface area contributed by atoms with E-state index in [0.717, 1.165) is 16.7 Å². The Hall–Kier alpha value is -4.35. The van der Waals surface area contributed by atoms with Gasteiger partial charge in [0.1, 0.15) is 16.7 Å². The van der Waals surface area contributed by atoms with E-state index in [1.807, 2.05) is 38.1 Å². The van der Waals surface area contributed by atoms with Crippen LogP contribution in [0.3, 0.4) is 0 Å². The molecule has 3 aromatic rings. The van der Waals surface area contributed by atoms with Crippen molar-refractivity contribution in [1.29, 1.82) is 5.26 Å². The van der Waals surface area contributed by atoms with E-state index in [2.05, 4.69) is 5.32 Å². The molecule has 0 radical (unpaired) electrons. The molecule has 1 fully saturated rings. The molecule has 1 aliphatic rings. The van der Waals surface area contributed by atoms with Gasteiger partial charge in [0.15, 0.2) is 0 Å². The van der Waals surface area contributed by atoms with Crippen molar-refractivity contribution in [1.82, 2.24) is 0 Å². The van der Waals surface area contributed by atoms with Gasteiger partial charge in [-0.1, -0.05) is 54.2 Å². The Bertz CT molecular complexity index is 1440. The van der Waals surface area contributed by atoms with Crippen LogP contribution in [0, 0.1) is 25.2 Å². The minimum atomic E-state index is -0.572. The number of nitrogens with zero attached hydrogens (tertiary/aromatic N) is 2. The number of carbonyl (C=O) groups is 3. The summed E-state index contributed by atoms with van der Waals surface area (Å²) < 4.78 is 5.03. The Morgan fingerprint density at radius 2 is 1.74 bits per heavy atom. The topological polar surface area (TPSA) is 99.5 Å². The Balaban J connectivity index is 1.66. The van der Waals surface area contributed by atoms with Crippen molar-refractivity contribution in [3.8, 4) is 6.07 Å². The lowest BCUT2D eigenvalue weighted by atomic mass is 10.1. The van der Waals surface area contributed by atoms with Crippen molar-refractivity contribution in [2.45, 2.75) is 32.4 Å². The number of hydrogen-bond acceptors (Lipinski definition) is 6. The zero-order valence-electron chi connectivity index (χ0n) is 21.4. The summed E-state index contributed by atoms with van der Waals surface area (Å²) in [6.07, 6.45) is 0.358. The quantitative estimate of drug-likeness (QED) is 0.247. The summed E-state index contributed by atoms with van der Waals surface area (Å²) in [4.78, 5) is 40.4. The lowest BCUT2D eigenvalue weighted by Crippen LogP contribution is -2.30. The maximum absolute atomic E-state index is 13.6. The smallest absolute Gasteiger partial charge is 0.338 e. The predicted octanol–water partition coefficient (Wildman–Crippen LogP) is 5.55. The average molecular weight is 526 g/mol. The number of hydrogen-bond donors (Lipinski definition) is 1. The molecule has 38 heavy (non-hydrogen) atoms. The number of para-hydroxylation sites is 1. The molecule has 1 heterocycles. The summed E-state index contributed by atoms with van der Waals surface area (Å²) in [7, 11) is 0. The van der Waals surface area contributed by atoms with Crippen molar-refractivity contribution >= 4 is 40.9 Å². The number of anilines is 2. The monoisotopic (exact) mass is 525 g/mol. The molecular formula is C30H27N3O4S. The van der Waals surface area contributed by atoms with E-state index in [0.29, 0.717) is 28.4 Å². The molecule has 0 aromatic heterocycles. The largest absolute Gasteiger partial charge is 0.462 e. The number of carbonyl (C=O) groups excluding carboxylic acids is 3. The first-order chi connectivity index (χ1) is 18.3. The van der Waals surface area contributed by atoms with E-state index in [1.165, 1.54) is 16.7 Å². The fourth-order valence-electron chi connectivity index (χ4n) is 4.08. The lowest BCUT2D eigenvalue weighted by molar-refractivity contribution is -0.117. The Kier molecular flexibility index (Phi) is 8.29. The molecule has 2 amide bonds. The molecule has 7 nitrogen and oxygen atoms in total. The summed E-state index contributed by atoms with van der Waals surface area (Å²) >= 11 is 1.20. The van der Waals surface area contributed by atoms with Crippen molar-refractivity contribution in [3.63, 3.8) is 0 Å². The molecule has 1 saturated heterocycles. The van der Waals surface area contributed by atoms with Gasteiger partial charge in [0.2, 0.25) is 5.91 Å². The second-order valence-electron chi connectivity index (χ2n) is 8.73. The highest BCUT2D eigenvalue weighted by molar-refractivity contribution is 8.05. The third-order valence-electron chi connectivity index (χ3n) is 6.26. The number of thioether (sulfide) groups is 1. The number of benzene rings is 3. The number of esters is 1. The molecular weight excluding hydrogens is 498 g/mol. The van der Waals surface area contributed by atoms with Crippen LogP contribution < -0.4 is 10.2 Å². The third-order valence-corrected chi connectivity index (χ3v) is 7.52. The van der Waals surface area contributed by atoms with Crippen LogP contribution in [-0.2, 0) is 20.7 Å². The van der Waals surface area contributed by atoms with Gasteiger partial charge in [0.25, 0.3) is 5.91 Å². The van der Waals surface area contributed by atoms with E-state index >= 15 is 0 Å². The molecule has 0 unspecified atom stereocenters. The Morgan fingerprint density at radius 1 is 1.03 bits per heavy atom. The molecule has 0 aliphatic carbocycles. The maximum Gasteiger partial charge on any atom is 0.338 e. The molecule has 8 heteroatoms. The first kappa shape index (κ1) is 26.7. The van der Waals surface area contributed by atoms with Crippen LogP contribution >= 0.6 is 11.8 Å². The van der Waals surface area contributed by atoms with E-state index in [1.54, 1.807) is 61.5 Å². The van der Waals surface area contributed by atoms with Gasteiger partial charge >= 0.3 is 5.97 Å². The minimum Gasteiger partial charge on any atom is -0.462 e. The molecule has 0 spiro atoms. The number of aryl methyl sites for hydroxylation is 1. The van der Waals surface area contributed by atoms with Crippen molar-refractivity contribution < 1.29 is 19.1 Å². The SMILES string of the molecule is CCOC(=O)c1ccc(C[C@@H]2S/C(=C(\C#N)C(=O)Nc3cccc(C)c3C)N(c3ccccc3)C2=O)cc1. The summed E-state index contributed by atoms with van der Waals surface area (Å²) in [6, 6.07) is 23.5. The first-order valence-corrected chi connectivity index (χ1v) is 13.1. The lowest BCUT2D eigenvalue weighted by Gasteiger charge is -2.19. The van der Waals surface area contributed by atoms with Gasteiger partial charge in [-0.25, -0.2) is 4.79 Å². The van der Waals surface area contributed by atoms with Gasteiger partial charge in [-0.2, -0.15) is 5.26 Å². The summed E-state index contributed by atoms with van der Waals surface area (Å²) in [5, 5.41) is 12.6. The zero-order valence-corrected chi connectivity index (χ0v) is 22.2. The van der Waals surface area contributed by atoms with Crippen molar-refractivity contribution in [2.75, 3.05) is 16.8 Å². The molecule has 0 bridgehead atoms. The van der Waals surface area contributed by atoms with Crippen molar-refractivity contribution in [2.24, 2.45) is 0 Å². The van der Waals surface area contributed by atoms with Crippen LogP contribution in [0.4, 0.5) is 11.4 Å². The van der Waals surface area contributed by atoms with Gasteiger partial charge in [-0.15, -0.1) is 0 Å². The van der Waals surface area contributed by atoms with Gasteiger partial charge in [-0.3, -0.25) is 14.5 Å². The van der Waals surface area contributed by atoms with Crippen LogP contribution in [0.5, 0.6) is 0 Å². The summed E-state index contributed by atoms with van der Waals surface area (Å²) in [5.74, 6) is -1.20. The highest BCUT2D eigenvalue weighted by Crippen LogP contribution is 2.42. The number of ether oxygens (including phenoxy) is 1. The fraction of sp³-hybridized carbons (Fsp3) is 0.200. The fourth-order valence-corrected chi connectivity index (χ4v) is 5.38. The zero-order chi connectivity index (χ0) is 27.2. The van der Waals surface area contributed by atoms with Gasteiger partial charge in [0.05, 0.1) is 17.4 Å². The third kappa shape index (κ3) is 5.63. The first-order valence-electron chi connectivity index (χ1n) is 12.2. The highest BCUT2D eigenvalue weighted by Gasteiger charge is 2.40. The molecule has 3 aromatic carbocycles. The summed E-state index contributed by atoms with van der Waals surface area (Å²) in [6.45, 7) is 5.88. The van der Waals surface area contributed by atoms with Gasteiger partial charge in [0, 0.05) is 11.4 Å². The normalized spacial score (nSPS) is 16.1. The van der Waals surface area contributed by atoms with E-state index in [-0.39, 0.29) is 18.1 Å². The maximum atomic E-state index is 13.6. The van der Waals surface area contributed by atoms with Gasteiger partial charge in [-0.05, 0) is 74.2 Å². The molecule has 1 atom stereocenters. The van der Waals surface area contributed by atoms with Gasteiger partial charge < -0.3 is 10.1 Å². The van der Waals surface area contributed by atoms with Crippen LogP contribution in [-0.4, -0.2) is 29.6 Å². The van der Waals surface area contributed by atoms with Crippen molar-refractivity contribution in [3.05, 3.63) is 106 Å². The number of nitriles is 1. The van der Waals surface area contributed by atoms with Crippen LogP contribution in [0.2, 0.25) is 0 Å². The highest BCUT2D eigenvalue weighted by atomic mass is 32.2.